The lowest BCUT2D eigenvalue weighted by Gasteiger charge is -2.24. The van der Waals surface area contributed by atoms with Crippen LogP contribution in [0.1, 0.15) is 46.8 Å². The first-order chi connectivity index (χ1) is 9.75. The van der Waals surface area contributed by atoms with E-state index in [-0.39, 0.29) is 5.78 Å². The quantitative estimate of drug-likeness (QED) is 0.781. The van der Waals surface area contributed by atoms with Gasteiger partial charge in [-0.3, -0.25) is 9.78 Å². The number of Topliss-reactive ketones (excluding diaryl/α,β-unsaturated/α-hetero) is 1. The lowest BCUT2D eigenvalue weighted by atomic mass is 9.80. The number of carbonyl (C=O) groups excluding carboxylic acids is 1. The average Bonchev–Trinajstić information content (AvgIpc) is 2.48. The van der Waals surface area contributed by atoms with Crippen LogP contribution >= 0.6 is 11.6 Å². The van der Waals surface area contributed by atoms with E-state index >= 15 is 0 Å². The minimum Gasteiger partial charge on any atom is -0.292 e. The summed E-state index contributed by atoms with van der Waals surface area (Å²) in [5, 5.41) is 0.446. The zero-order valence-electron chi connectivity index (χ0n) is 11.2. The minimum absolute atomic E-state index is 0.0392. The van der Waals surface area contributed by atoms with Crippen molar-refractivity contribution in [1.82, 2.24) is 4.98 Å². The van der Waals surface area contributed by atoms with E-state index in [0.717, 1.165) is 19.3 Å². The first kappa shape index (κ1) is 13.3. The molecule has 1 aliphatic carbocycles. The highest BCUT2D eigenvalue weighted by atomic mass is 35.5. The zero-order chi connectivity index (χ0) is 13.9. The number of ketones is 1. The molecule has 2 nitrogen and oxygen atoms in total. The molecule has 0 radical (unpaired) electrons. The van der Waals surface area contributed by atoms with E-state index in [9.17, 15) is 4.79 Å². The second-order valence-electron chi connectivity index (χ2n) is 5.25. The molecule has 1 atom stereocenters. The molecule has 102 valence electrons. The van der Waals surface area contributed by atoms with E-state index in [0.29, 0.717) is 23.1 Å². The van der Waals surface area contributed by atoms with Gasteiger partial charge in [-0.2, -0.15) is 0 Å². The Balaban J connectivity index is 1.83. The summed E-state index contributed by atoms with van der Waals surface area (Å²) < 4.78 is 0. The summed E-state index contributed by atoms with van der Waals surface area (Å²) in [6.07, 6.45) is 5.44. The van der Waals surface area contributed by atoms with Crippen LogP contribution in [0, 0.1) is 0 Å². The maximum atomic E-state index is 12.4. The highest BCUT2D eigenvalue weighted by molar-refractivity contribution is 6.33. The topological polar surface area (TPSA) is 30.0 Å². The summed E-state index contributed by atoms with van der Waals surface area (Å²) in [6.45, 7) is 0. The molecular formula is C17H16ClNO. The first-order valence-corrected chi connectivity index (χ1v) is 7.35. The lowest BCUT2D eigenvalue weighted by Crippen LogP contribution is -2.14. The summed E-state index contributed by atoms with van der Waals surface area (Å²) in [5.74, 6) is 0.336. The molecule has 0 saturated heterocycles. The molecule has 3 heteroatoms. The lowest BCUT2D eigenvalue weighted by molar-refractivity contribution is 0.0966. The van der Waals surface area contributed by atoms with Gasteiger partial charge in [-0.05, 0) is 48.4 Å². The average molecular weight is 286 g/mol. The molecule has 0 aliphatic heterocycles. The molecule has 0 bridgehead atoms. The fourth-order valence-electron chi connectivity index (χ4n) is 2.98. The summed E-state index contributed by atoms with van der Waals surface area (Å²) in [6, 6.07) is 11.9. The normalized spacial score (nSPS) is 17.6. The van der Waals surface area contributed by atoms with Crippen molar-refractivity contribution < 1.29 is 4.79 Å². The zero-order valence-corrected chi connectivity index (χ0v) is 11.9. The Kier molecular flexibility index (Phi) is 3.83. The Labute approximate surface area is 123 Å². The summed E-state index contributed by atoms with van der Waals surface area (Å²) in [7, 11) is 0. The standard InChI is InChI=1S/C17H16ClNO/c18-15-9-4-10-19-17(15)16(20)11-13-7-3-6-12-5-1-2-8-14(12)13/h1-2,4-5,8-10,13H,3,6-7,11H2. The highest BCUT2D eigenvalue weighted by Crippen LogP contribution is 2.34. The Hall–Kier alpha value is -1.67. The van der Waals surface area contributed by atoms with Crippen LogP contribution in [0.15, 0.2) is 42.6 Å². The van der Waals surface area contributed by atoms with Crippen molar-refractivity contribution in [3.63, 3.8) is 0 Å². The van der Waals surface area contributed by atoms with Gasteiger partial charge in [0.1, 0.15) is 5.69 Å². The number of halogens is 1. The van der Waals surface area contributed by atoms with E-state index in [1.54, 1.807) is 18.3 Å². The third-order valence-electron chi connectivity index (χ3n) is 3.95. The van der Waals surface area contributed by atoms with E-state index < -0.39 is 0 Å². The van der Waals surface area contributed by atoms with Crippen LogP contribution in [-0.2, 0) is 6.42 Å². The number of rotatable bonds is 3. The molecule has 2 aromatic rings. The number of nitrogens with zero attached hydrogens (tertiary/aromatic N) is 1. The van der Waals surface area contributed by atoms with E-state index in [2.05, 4.69) is 29.2 Å². The number of carbonyl (C=O) groups is 1. The smallest absolute Gasteiger partial charge is 0.183 e. The number of aromatic nitrogens is 1. The molecule has 1 heterocycles. The van der Waals surface area contributed by atoms with Crippen molar-refractivity contribution in [1.29, 1.82) is 0 Å². The van der Waals surface area contributed by atoms with Crippen LogP contribution in [0.5, 0.6) is 0 Å². The van der Waals surface area contributed by atoms with Crippen LogP contribution in [0.4, 0.5) is 0 Å². The van der Waals surface area contributed by atoms with E-state index in [4.69, 9.17) is 11.6 Å². The number of aryl methyl sites for hydroxylation is 1. The van der Waals surface area contributed by atoms with E-state index in [1.807, 2.05) is 0 Å². The van der Waals surface area contributed by atoms with Crippen molar-refractivity contribution in [3.05, 3.63) is 64.4 Å². The number of hydrogen-bond donors (Lipinski definition) is 0. The fourth-order valence-corrected chi connectivity index (χ4v) is 3.20. The molecule has 0 saturated carbocycles. The number of pyridine rings is 1. The van der Waals surface area contributed by atoms with Gasteiger partial charge in [0.05, 0.1) is 5.02 Å². The van der Waals surface area contributed by atoms with Crippen molar-refractivity contribution in [2.75, 3.05) is 0 Å². The summed E-state index contributed by atoms with van der Waals surface area (Å²) >= 11 is 6.05. The molecular weight excluding hydrogens is 270 g/mol. The van der Waals surface area contributed by atoms with Gasteiger partial charge in [-0.25, -0.2) is 0 Å². The number of fused-ring (bicyclic) bond motifs is 1. The molecule has 20 heavy (non-hydrogen) atoms. The molecule has 1 aliphatic rings. The molecule has 1 aromatic heterocycles. The Morgan fingerprint density at radius 3 is 2.95 bits per heavy atom. The molecule has 0 fully saturated rings. The molecule has 0 spiro atoms. The maximum Gasteiger partial charge on any atom is 0.183 e. The number of benzene rings is 1. The van der Waals surface area contributed by atoms with Gasteiger partial charge < -0.3 is 0 Å². The van der Waals surface area contributed by atoms with Crippen molar-refractivity contribution in [3.8, 4) is 0 Å². The molecule has 1 unspecified atom stereocenters. The van der Waals surface area contributed by atoms with Gasteiger partial charge in [0, 0.05) is 12.6 Å². The van der Waals surface area contributed by atoms with Crippen molar-refractivity contribution in [2.24, 2.45) is 0 Å². The van der Waals surface area contributed by atoms with Gasteiger partial charge in [-0.1, -0.05) is 35.9 Å². The van der Waals surface area contributed by atoms with Gasteiger partial charge in [0.25, 0.3) is 0 Å². The van der Waals surface area contributed by atoms with Crippen LogP contribution < -0.4 is 0 Å². The molecule has 3 rings (SSSR count). The summed E-state index contributed by atoms with van der Waals surface area (Å²) in [4.78, 5) is 16.5. The fraction of sp³-hybridized carbons (Fsp3) is 0.294. The highest BCUT2D eigenvalue weighted by Gasteiger charge is 2.24. The number of hydrogen-bond acceptors (Lipinski definition) is 2. The third kappa shape index (κ3) is 2.61. The van der Waals surface area contributed by atoms with Crippen LogP contribution in [0.25, 0.3) is 0 Å². The maximum absolute atomic E-state index is 12.4. The third-order valence-corrected chi connectivity index (χ3v) is 4.25. The monoisotopic (exact) mass is 285 g/mol. The predicted molar refractivity (Wildman–Crippen MR) is 80.3 cm³/mol. The van der Waals surface area contributed by atoms with Crippen molar-refractivity contribution in [2.45, 2.75) is 31.6 Å². The Morgan fingerprint density at radius 2 is 2.10 bits per heavy atom. The molecule has 0 amide bonds. The van der Waals surface area contributed by atoms with Gasteiger partial charge >= 0.3 is 0 Å². The van der Waals surface area contributed by atoms with Crippen LogP contribution in [-0.4, -0.2) is 10.8 Å². The largest absolute Gasteiger partial charge is 0.292 e. The van der Waals surface area contributed by atoms with Crippen LogP contribution in [0.3, 0.4) is 0 Å². The first-order valence-electron chi connectivity index (χ1n) is 6.97. The van der Waals surface area contributed by atoms with E-state index in [1.165, 1.54) is 11.1 Å². The molecule has 1 aromatic carbocycles. The Bertz CT molecular complexity index is 638. The van der Waals surface area contributed by atoms with Crippen molar-refractivity contribution >= 4 is 17.4 Å². The molecule has 0 N–H and O–H groups in total. The van der Waals surface area contributed by atoms with Gasteiger partial charge in [0.15, 0.2) is 5.78 Å². The predicted octanol–water partition coefficient (Wildman–Crippen LogP) is 4.43. The Morgan fingerprint density at radius 1 is 1.25 bits per heavy atom. The second kappa shape index (κ2) is 5.76. The summed E-state index contributed by atoms with van der Waals surface area (Å²) in [5.41, 5.74) is 3.10. The second-order valence-corrected chi connectivity index (χ2v) is 5.66. The van der Waals surface area contributed by atoms with Crippen LogP contribution in [0.2, 0.25) is 5.02 Å². The minimum atomic E-state index is 0.0392. The van der Waals surface area contributed by atoms with Gasteiger partial charge in [-0.15, -0.1) is 0 Å². The SMILES string of the molecule is O=C(CC1CCCc2ccccc21)c1ncccc1Cl. The van der Waals surface area contributed by atoms with Gasteiger partial charge in [0.2, 0.25) is 0 Å².